The van der Waals surface area contributed by atoms with E-state index < -0.39 is 0 Å². The number of carbonyl (C=O) groups is 2. The Bertz CT molecular complexity index is 787. The third-order valence-corrected chi connectivity index (χ3v) is 4.25. The molecule has 25 heavy (non-hydrogen) atoms. The van der Waals surface area contributed by atoms with Crippen molar-refractivity contribution in [2.24, 2.45) is 0 Å². The molecule has 1 saturated heterocycles. The van der Waals surface area contributed by atoms with Gasteiger partial charge in [0, 0.05) is 30.8 Å². The first-order valence-corrected chi connectivity index (χ1v) is 8.24. The monoisotopic (exact) mass is 340 g/mol. The number of phenolic OH excluding ortho intramolecular Hbond substituents is 2. The fraction of sp³-hybridized carbons (Fsp3) is 0.263. The van der Waals surface area contributed by atoms with Crippen molar-refractivity contribution in [3.63, 3.8) is 0 Å². The van der Waals surface area contributed by atoms with Gasteiger partial charge >= 0.3 is 0 Å². The molecule has 3 rings (SSSR count). The summed E-state index contributed by atoms with van der Waals surface area (Å²) in [6.07, 6.45) is 1.99. The molecule has 0 unspecified atom stereocenters. The van der Waals surface area contributed by atoms with Gasteiger partial charge in [0.1, 0.15) is 0 Å². The number of rotatable bonds is 5. The van der Waals surface area contributed by atoms with E-state index >= 15 is 0 Å². The molecule has 1 aliphatic heterocycles. The Hall–Kier alpha value is -3.02. The van der Waals surface area contributed by atoms with E-state index in [0.29, 0.717) is 24.9 Å². The standard InChI is InChI=1S/C19H20N2O4/c22-16-8-3-13(12-17(16)23)9-10-20-19(25)14-4-6-15(7-5-14)21-11-1-2-18(21)24/h3-8,12,22-23H,1-2,9-11H2,(H,20,25). The molecule has 0 saturated carbocycles. The lowest BCUT2D eigenvalue weighted by Crippen LogP contribution is -2.26. The van der Waals surface area contributed by atoms with Crippen LogP contribution < -0.4 is 10.2 Å². The number of hydrogen-bond acceptors (Lipinski definition) is 4. The number of hydrogen-bond donors (Lipinski definition) is 3. The second-order valence-electron chi connectivity index (χ2n) is 6.02. The topological polar surface area (TPSA) is 89.9 Å². The molecule has 6 heteroatoms. The van der Waals surface area contributed by atoms with E-state index in [4.69, 9.17) is 0 Å². The quantitative estimate of drug-likeness (QED) is 0.728. The Kier molecular flexibility index (Phi) is 4.88. The molecule has 1 fully saturated rings. The molecule has 0 aliphatic carbocycles. The van der Waals surface area contributed by atoms with Gasteiger partial charge in [0.05, 0.1) is 0 Å². The first kappa shape index (κ1) is 16.8. The molecule has 6 nitrogen and oxygen atoms in total. The minimum absolute atomic E-state index is 0.120. The third-order valence-electron chi connectivity index (χ3n) is 4.25. The summed E-state index contributed by atoms with van der Waals surface area (Å²) >= 11 is 0. The predicted octanol–water partition coefficient (Wildman–Crippen LogP) is 2.20. The Labute approximate surface area is 145 Å². The van der Waals surface area contributed by atoms with Crippen LogP contribution in [0.15, 0.2) is 42.5 Å². The van der Waals surface area contributed by atoms with E-state index in [9.17, 15) is 19.8 Å². The van der Waals surface area contributed by atoms with Crippen LogP contribution in [0, 0.1) is 0 Å². The molecule has 0 aromatic heterocycles. The van der Waals surface area contributed by atoms with Crippen molar-refractivity contribution in [1.82, 2.24) is 5.32 Å². The SMILES string of the molecule is O=C(NCCc1ccc(O)c(O)c1)c1ccc(N2CCCC2=O)cc1. The summed E-state index contributed by atoms with van der Waals surface area (Å²) in [6.45, 7) is 1.14. The van der Waals surface area contributed by atoms with Gasteiger partial charge in [-0.3, -0.25) is 9.59 Å². The van der Waals surface area contributed by atoms with Gasteiger partial charge < -0.3 is 20.4 Å². The van der Waals surface area contributed by atoms with Crippen molar-refractivity contribution in [3.8, 4) is 11.5 Å². The summed E-state index contributed by atoms with van der Waals surface area (Å²) in [7, 11) is 0. The molecule has 2 aromatic carbocycles. The number of amides is 2. The van der Waals surface area contributed by atoms with Crippen LogP contribution in [0.3, 0.4) is 0 Å². The van der Waals surface area contributed by atoms with Crippen molar-refractivity contribution in [2.75, 3.05) is 18.0 Å². The lowest BCUT2D eigenvalue weighted by Gasteiger charge is -2.15. The molecule has 0 bridgehead atoms. The smallest absolute Gasteiger partial charge is 0.251 e. The molecule has 0 spiro atoms. The molecule has 3 N–H and O–H groups in total. The zero-order chi connectivity index (χ0) is 17.8. The molecule has 2 aromatic rings. The summed E-state index contributed by atoms with van der Waals surface area (Å²) in [5.41, 5.74) is 2.17. The van der Waals surface area contributed by atoms with Crippen LogP contribution in [0.1, 0.15) is 28.8 Å². The molecule has 2 amide bonds. The maximum atomic E-state index is 12.2. The minimum atomic E-state index is -0.192. The molecule has 1 aliphatic rings. The lowest BCUT2D eigenvalue weighted by atomic mass is 10.1. The number of carbonyl (C=O) groups excluding carboxylic acids is 2. The van der Waals surface area contributed by atoms with Gasteiger partial charge in [0.25, 0.3) is 5.91 Å². The highest BCUT2D eigenvalue weighted by molar-refractivity contribution is 5.97. The minimum Gasteiger partial charge on any atom is -0.504 e. The lowest BCUT2D eigenvalue weighted by molar-refractivity contribution is -0.117. The second kappa shape index (κ2) is 7.25. The number of nitrogens with zero attached hydrogens (tertiary/aromatic N) is 1. The van der Waals surface area contributed by atoms with E-state index in [0.717, 1.165) is 24.2 Å². The second-order valence-corrected chi connectivity index (χ2v) is 6.02. The Balaban J connectivity index is 1.54. The van der Waals surface area contributed by atoms with Crippen molar-refractivity contribution in [2.45, 2.75) is 19.3 Å². The van der Waals surface area contributed by atoms with Crippen LogP contribution in [0.4, 0.5) is 5.69 Å². The largest absolute Gasteiger partial charge is 0.504 e. The number of aromatic hydroxyl groups is 2. The first-order valence-electron chi connectivity index (χ1n) is 8.24. The van der Waals surface area contributed by atoms with Crippen LogP contribution in [0.25, 0.3) is 0 Å². The fourth-order valence-corrected chi connectivity index (χ4v) is 2.86. The van der Waals surface area contributed by atoms with E-state index in [1.54, 1.807) is 35.2 Å². The highest BCUT2D eigenvalue weighted by atomic mass is 16.3. The van der Waals surface area contributed by atoms with Gasteiger partial charge in [-0.1, -0.05) is 6.07 Å². The molecule has 130 valence electrons. The van der Waals surface area contributed by atoms with E-state index in [-0.39, 0.29) is 23.3 Å². The summed E-state index contributed by atoms with van der Waals surface area (Å²) in [5.74, 6) is -0.406. The Morgan fingerprint density at radius 2 is 1.84 bits per heavy atom. The summed E-state index contributed by atoms with van der Waals surface area (Å²) in [6, 6.07) is 11.6. The van der Waals surface area contributed by atoms with Crippen molar-refractivity contribution < 1.29 is 19.8 Å². The Morgan fingerprint density at radius 3 is 2.48 bits per heavy atom. The highest BCUT2D eigenvalue weighted by Crippen LogP contribution is 2.25. The van der Waals surface area contributed by atoms with Crippen LogP contribution in [-0.2, 0) is 11.2 Å². The number of phenols is 2. The number of nitrogens with one attached hydrogen (secondary N) is 1. The fourth-order valence-electron chi connectivity index (χ4n) is 2.86. The van der Waals surface area contributed by atoms with Gasteiger partial charge in [-0.05, 0) is 54.8 Å². The van der Waals surface area contributed by atoms with E-state index in [2.05, 4.69) is 5.32 Å². The normalized spacial score (nSPS) is 13.9. The molecule has 0 radical (unpaired) electrons. The van der Waals surface area contributed by atoms with E-state index in [1.807, 2.05) is 0 Å². The summed E-state index contributed by atoms with van der Waals surface area (Å²) in [5, 5.41) is 21.6. The van der Waals surface area contributed by atoms with Gasteiger partial charge in [-0.15, -0.1) is 0 Å². The zero-order valence-corrected chi connectivity index (χ0v) is 13.7. The van der Waals surface area contributed by atoms with Crippen LogP contribution in [0.2, 0.25) is 0 Å². The van der Waals surface area contributed by atoms with Gasteiger partial charge in [0.15, 0.2) is 11.5 Å². The zero-order valence-electron chi connectivity index (χ0n) is 13.7. The highest BCUT2D eigenvalue weighted by Gasteiger charge is 2.21. The first-order chi connectivity index (χ1) is 12.0. The summed E-state index contributed by atoms with van der Waals surface area (Å²) in [4.78, 5) is 25.6. The van der Waals surface area contributed by atoms with Gasteiger partial charge in [-0.2, -0.15) is 0 Å². The summed E-state index contributed by atoms with van der Waals surface area (Å²) < 4.78 is 0. The molecule has 1 heterocycles. The van der Waals surface area contributed by atoms with Crippen LogP contribution in [-0.4, -0.2) is 35.1 Å². The maximum Gasteiger partial charge on any atom is 0.251 e. The molecular formula is C19H20N2O4. The van der Waals surface area contributed by atoms with Gasteiger partial charge in [-0.25, -0.2) is 0 Å². The Morgan fingerprint density at radius 1 is 1.08 bits per heavy atom. The van der Waals surface area contributed by atoms with Crippen molar-refractivity contribution in [1.29, 1.82) is 0 Å². The van der Waals surface area contributed by atoms with Crippen LogP contribution in [0.5, 0.6) is 11.5 Å². The van der Waals surface area contributed by atoms with Crippen molar-refractivity contribution in [3.05, 3.63) is 53.6 Å². The average molecular weight is 340 g/mol. The maximum absolute atomic E-state index is 12.2. The predicted molar refractivity (Wildman–Crippen MR) is 93.8 cm³/mol. The number of anilines is 1. The van der Waals surface area contributed by atoms with Gasteiger partial charge in [0.2, 0.25) is 5.91 Å². The van der Waals surface area contributed by atoms with E-state index in [1.165, 1.54) is 12.1 Å². The van der Waals surface area contributed by atoms with Crippen molar-refractivity contribution >= 4 is 17.5 Å². The molecular weight excluding hydrogens is 320 g/mol. The number of benzene rings is 2. The molecule has 0 atom stereocenters. The average Bonchev–Trinajstić information content (AvgIpc) is 3.04. The van der Waals surface area contributed by atoms with Crippen LogP contribution >= 0.6 is 0 Å². The third kappa shape index (κ3) is 3.91.